The summed E-state index contributed by atoms with van der Waals surface area (Å²) in [6.45, 7) is -1.71. The molecule has 0 saturated heterocycles. The zero-order valence-electron chi connectivity index (χ0n) is 18.1. The number of hydrogen-bond donors (Lipinski definition) is 10. The zero-order valence-corrected chi connectivity index (χ0v) is 20.7. The van der Waals surface area contributed by atoms with Gasteiger partial charge in [0.25, 0.3) is 0 Å². The molecule has 0 aliphatic carbocycles. The molecule has 0 unspecified atom stereocenters. The molecule has 0 aliphatic rings. The number of aliphatic hydroxyl groups is 8. The molecule has 0 saturated carbocycles. The van der Waals surface area contributed by atoms with Gasteiger partial charge < -0.3 is 45.6 Å². The van der Waals surface area contributed by atoms with E-state index in [9.17, 15) is 30.6 Å². The van der Waals surface area contributed by atoms with E-state index in [1.165, 1.54) is 4.90 Å². The largest absolute Gasteiger partial charge is 0.492 e. The number of hydrogen-bond acceptors (Lipinski definition) is 12. The first-order valence-corrected chi connectivity index (χ1v) is 11.4. The Morgan fingerprint density at radius 1 is 0.758 bits per heavy atom. The van der Waals surface area contributed by atoms with Crippen molar-refractivity contribution in [3.8, 4) is 5.75 Å². The molecule has 0 amide bonds. The summed E-state index contributed by atoms with van der Waals surface area (Å²) in [7, 11) is 0. The first-order chi connectivity index (χ1) is 15.2. The average molecular weight is 534 g/mol. The quantitative estimate of drug-likeness (QED) is 0.105. The van der Waals surface area contributed by atoms with E-state index in [0.717, 1.165) is 11.1 Å². The highest BCUT2D eigenvalue weighted by Gasteiger charge is 2.30. The first kappa shape index (κ1) is 32.7. The van der Waals surface area contributed by atoms with Crippen LogP contribution in [0, 0.1) is 0 Å². The third-order valence-corrected chi connectivity index (χ3v) is 5.72. The molecule has 10 nitrogen and oxygen atoms in total. The van der Waals surface area contributed by atoms with Crippen molar-refractivity contribution in [1.82, 2.24) is 4.90 Å². The van der Waals surface area contributed by atoms with E-state index in [0.29, 0.717) is 17.3 Å². The van der Waals surface area contributed by atoms with Gasteiger partial charge >= 0.3 is 0 Å². The third kappa shape index (κ3) is 10.8. The number of nitrogens with zero attached hydrogens (tertiary/aromatic N) is 1. The summed E-state index contributed by atoms with van der Waals surface area (Å²) in [5.41, 5.74) is 1.99. The molecule has 0 heterocycles. The van der Waals surface area contributed by atoms with Crippen LogP contribution >= 0.6 is 37.7 Å². The van der Waals surface area contributed by atoms with Gasteiger partial charge in [-0.25, -0.2) is 0 Å². The third-order valence-electron chi connectivity index (χ3n) is 5.04. The predicted octanol–water partition coefficient (Wildman–Crippen LogP) is -2.20. The number of rotatable bonds is 16. The van der Waals surface area contributed by atoms with Crippen LogP contribution in [-0.2, 0) is 11.5 Å². The molecule has 8 N–H and O–H groups in total. The smallest absolute Gasteiger partial charge is 0.119 e. The predicted molar refractivity (Wildman–Crippen MR) is 131 cm³/mol. The molecule has 33 heavy (non-hydrogen) atoms. The van der Waals surface area contributed by atoms with E-state index >= 15 is 0 Å². The van der Waals surface area contributed by atoms with Crippen LogP contribution < -0.4 is 4.74 Å². The molecule has 6 atom stereocenters. The highest BCUT2D eigenvalue weighted by atomic mass is 35.5. The highest BCUT2D eigenvalue weighted by molar-refractivity contribution is 7.79. The second-order valence-corrected chi connectivity index (χ2v) is 8.10. The van der Waals surface area contributed by atoms with Gasteiger partial charge in [0.2, 0.25) is 0 Å². The summed E-state index contributed by atoms with van der Waals surface area (Å²) < 4.78 is 5.73. The van der Waals surface area contributed by atoms with Crippen molar-refractivity contribution >= 4 is 37.7 Å². The minimum atomic E-state index is -1.64. The molecule has 194 valence electrons. The first-order valence-electron chi connectivity index (χ1n) is 10.2. The summed E-state index contributed by atoms with van der Waals surface area (Å²) >= 11 is 8.56. The van der Waals surface area contributed by atoms with Crippen molar-refractivity contribution in [2.24, 2.45) is 0 Å². The highest BCUT2D eigenvalue weighted by Crippen LogP contribution is 2.21. The number of halogens is 1. The molecular weight excluding hydrogens is 498 g/mol. The number of thiol groups is 2. The number of ether oxygens (including phenoxy) is 1. The van der Waals surface area contributed by atoms with Crippen molar-refractivity contribution in [3.05, 3.63) is 29.3 Å². The van der Waals surface area contributed by atoms with Crippen LogP contribution in [0.3, 0.4) is 0 Å². The lowest BCUT2D eigenvalue weighted by atomic mass is 10.1. The lowest BCUT2D eigenvalue weighted by molar-refractivity contribution is -0.101. The lowest BCUT2D eigenvalue weighted by Gasteiger charge is -2.32. The SMILES string of the molecule is Cl.OC[C@@H](O)[C@@H](O)[C@H](O)CN(CCOc1ccc(CS)c(CS)c1)C[C@@H](O)[C@H](O)[C@H](O)CO. The minimum absolute atomic E-state index is 0. The molecule has 0 radical (unpaired) electrons. The Balaban J connectivity index is 0.0000102. The Hall–Kier alpha value is -0.350. The zero-order chi connectivity index (χ0) is 24.3. The Labute approximate surface area is 210 Å². The van der Waals surface area contributed by atoms with Crippen LogP contribution in [0.15, 0.2) is 18.2 Å². The van der Waals surface area contributed by atoms with Crippen LogP contribution in [0.1, 0.15) is 11.1 Å². The number of benzene rings is 1. The monoisotopic (exact) mass is 533 g/mol. The van der Waals surface area contributed by atoms with Crippen molar-refractivity contribution < 1.29 is 45.6 Å². The molecule has 0 aliphatic heterocycles. The molecule has 1 aromatic rings. The van der Waals surface area contributed by atoms with Gasteiger partial charge in [-0.1, -0.05) is 6.07 Å². The minimum Gasteiger partial charge on any atom is -0.492 e. The molecular formula is C20H36ClNO9S2. The van der Waals surface area contributed by atoms with Crippen molar-refractivity contribution in [1.29, 1.82) is 0 Å². The Morgan fingerprint density at radius 3 is 1.67 bits per heavy atom. The molecule has 1 aromatic carbocycles. The molecule has 13 heteroatoms. The van der Waals surface area contributed by atoms with E-state index in [-0.39, 0.29) is 38.6 Å². The normalized spacial score (nSPS) is 17.1. The second kappa shape index (κ2) is 17.1. The Kier molecular flexibility index (Phi) is 17.0. The van der Waals surface area contributed by atoms with Crippen molar-refractivity contribution in [2.75, 3.05) is 39.5 Å². The van der Waals surface area contributed by atoms with E-state index in [1.807, 2.05) is 12.1 Å². The summed E-state index contributed by atoms with van der Waals surface area (Å²) in [6.07, 6.45) is -9.34. The van der Waals surface area contributed by atoms with Gasteiger partial charge in [0.1, 0.15) is 36.8 Å². The van der Waals surface area contributed by atoms with Crippen LogP contribution in [-0.4, -0.2) is 122 Å². The maximum atomic E-state index is 10.2. The van der Waals surface area contributed by atoms with Gasteiger partial charge in [-0.15, -0.1) is 12.4 Å². The van der Waals surface area contributed by atoms with Gasteiger partial charge in [-0.05, 0) is 23.3 Å². The molecule has 0 bridgehead atoms. The Bertz CT molecular complexity index is 640. The molecule has 1 rings (SSSR count). The fourth-order valence-corrected chi connectivity index (χ4v) is 3.62. The van der Waals surface area contributed by atoms with E-state index in [2.05, 4.69) is 25.3 Å². The maximum Gasteiger partial charge on any atom is 0.119 e. The maximum absolute atomic E-state index is 10.2. The van der Waals surface area contributed by atoms with Gasteiger partial charge in [-0.2, -0.15) is 25.3 Å². The summed E-state index contributed by atoms with van der Waals surface area (Å²) in [4.78, 5) is 1.46. The van der Waals surface area contributed by atoms with Crippen LogP contribution in [0.4, 0.5) is 0 Å². The van der Waals surface area contributed by atoms with Gasteiger partial charge in [-0.3, -0.25) is 4.90 Å². The van der Waals surface area contributed by atoms with Gasteiger partial charge in [0.05, 0.1) is 25.4 Å². The Morgan fingerprint density at radius 2 is 1.24 bits per heavy atom. The fourth-order valence-electron chi connectivity index (χ4n) is 3.02. The van der Waals surface area contributed by atoms with E-state index < -0.39 is 49.8 Å². The summed E-state index contributed by atoms with van der Waals surface area (Å²) in [6, 6.07) is 5.48. The van der Waals surface area contributed by atoms with Crippen LogP contribution in [0.2, 0.25) is 0 Å². The molecule has 0 spiro atoms. The fraction of sp³-hybridized carbons (Fsp3) is 0.700. The van der Waals surface area contributed by atoms with Gasteiger partial charge in [0.15, 0.2) is 0 Å². The van der Waals surface area contributed by atoms with E-state index in [4.69, 9.17) is 14.9 Å². The molecule has 0 aromatic heterocycles. The van der Waals surface area contributed by atoms with Crippen molar-refractivity contribution in [2.45, 2.75) is 48.1 Å². The summed E-state index contributed by atoms with van der Waals surface area (Å²) in [5.74, 6) is 1.64. The lowest BCUT2D eigenvalue weighted by Crippen LogP contribution is -2.51. The number of aliphatic hydroxyl groups excluding tert-OH is 8. The second-order valence-electron chi connectivity index (χ2n) is 7.47. The standard InChI is InChI=1S/C20H35NO9S2.ClH/c22-8-17(26)19(28)15(24)6-21(7-16(25)20(29)18(27)9-23)3-4-30-14-2-1-12(10-31)13(5-14)11-32;/h1-2,5,15-20,22-29,31-32H,3-4,6-11H2;1H/t15-,16-,17-,18-,19+,20+;/m1./s1. The van der Waals surface area contributed by atoms with Crippen molar-refractivity contribution in [3.63, 3.8) is 0 Å². The van der Waals surface area contributed by atoms with E-state index in [1.54, 1.807) is 6.07 Å². The molecule has 0 fully saturated rings. The average Bonchev–Trinajstić information content (AvgIpc) is 2.81. The summed E-state index contributed by atoms with van der Waals surface area (Å²) in [5, 5.41) is 77.1. The van der Waals surface area contributed by atoms with Gasteiger partial charge in [0, 0.05) is 31.1 Å². The van der Waals surface area contributed by atoms with Crippen LogP contribution in [0.5, 0.6) is 5.75 Å². The van der Waals surface area contributed by atoms with Crippen LogP contribution in [0.25, 0.3) is 0 Å². The topological polar surface area (TPSA) is 174 Å².